The minimum atomic E-state index is -0.764. The summed E-state index contributed by atoms with van der Waals surface area (Å²) in [5.41, 5.74) is 18.5. The Hall–Kier alpha value is -3.31. The van der Waals surface area contributed by atoms with Crippen LogP contribution in [-0.4, -0.2) is 59.1 Å². The molecule has 1 fully saturated rings. The van der Waals surface area contributed by atoms with Crippen LogP contribution in [0.15, 0.2) is 40.8 Å². The molecule has 1 aliphatic rings. The predicted octanol–water partition coefficient (Wildman–Crippen LogP) is 0.804. The van der Waals surface area contributed by atoms with Crippen molar-refractivity contribution >= 4 is 34.9 Å². The van der Waals surface area contributed by atoms with Crippen LogP contribution in [0.3, 0.4) is 0 Å². The number of carbonyl (C=O) groups is 3. The molecule has 1 saturated heterocycles. The predicted molar refractivity (Wildman–Crippen MR) is 136 cm³/mol. The van der Waals surface area contributed by atoms with E-state index < -0.39 is 6.04 Å². The zero-order valence-electron chi connectivity index (χ0n) is 19.7. The van der Waals surface area contributed by atoms with E-state index in [4.69, 9.17) is 17.2 Å². The Balaban J connectivity index is 1.59. The topological polar surface area (TPSA) is 170 Å². The summed E-state index contributed by atoms with van der Waals surface area (Å²) in [7, 11) is 0. The number of Topliss-reactive ketones (excluding diaryl/α,β-unsaturated/α-hetero) is 1. The number of carbonyl (C=O) groups excluding carboxylic acids is 3. The van der Waals surface area contributed by atoms with Crippen LogP contribution >= 0.6 is 11.3 Å². The molecule has 0 aliphatic carbocycles. The summed E-state index contributed by atoms with van der Waals surface area (Å²) in [6.07, 6.45) is 4.64. The van der Waals surface area contributed by atoms with E-state index >= 15 is 0 Å². The summed E-state index contributed by atoms with van der Waals surface area (Å²) in [4.78, 5) is 48.4. The van der Waals surface area contributed by atoms with Gasteiger partial charge in [0.15, 0.2) is 11.0 Å². The number of rotatable bonds is 12. The molecule has 0 saturated carbocycles. The summed E-state index contributed by atoms with van der Waals surface area (Å²) < 4.78 is 0. The number of ketones is 1. The van der Waals surface area contributed by atoms with E-state index in [1.807, 2.05) is 24.3 Å². The zero-order chi connectivity index (χ0) is 25.2. The largest absolute Gasteiger partial charge is 0.370 e. The number of nitrogens with zero attached hydrogens (tertiary/aromatic N) is 3. The van der Waals surface area contributed by atoms with E-state index in [-0.39, 0.29) is 36.0 Å². The lowest BCUT2D eigenvalue weighted by molar-refractivity contribution is -0.142. The number of nitrogens with one attached hydrogen (secondary N) is 1. The molecule has 10 nitrogen and oxygen atoms in total. The quantitative estimate of drug-likeness (QED) is 0.145. The van der Waals surface area contributed by atoms with Gasteiger partial charge in [0.2, 0.25) is 17.6 Å². The van der Waals surface area contributed by atoms with Crippen molar-refractivity contribution in [1.29, 1.82) is 0 Å². The highest BCUT2D eigenvalue weighted by Gasteiger charge is 2.31. The number of benzene rings is 1. The maximum absolute atomic E-state index is 13.1. The molecule has 2 atom stereocenters. The highest BCUT2D eigenvalue weighted by Crippen LogP contribution is 2.22. The third-order valence-corrected chi connectivity index (χ3v) is 6.74. The van der Waals surface area contributed by atoms with Gasteiger partial charge in [-0.3, -0.25) is 19.4 Å². The lowest BCUT2D eigenvalue weighted by Crippen LogP contribution is -2.50. The monoisotopic (exact) mass is 499 g/mol. The molecule has 2 aromatic rings. The van der Waals surface area contributed by atoms with Gasteiger partial charge in [-0.1, -0.05) is 24.3 Å². The number of piperidine rings is 1. The molecule has 1 aromatic carbocycles. The van der Waals surface area contributed by atoms with Gasteiger partial charge in [-0.05, 0) is 43.2 Å². The molecular weight excluding hydrogens is 466 g/mol. The van der Waals surface area contributed by atoms with Crippen molar-refractivity contribution in [2.45, 2.75) is 44.7 Å². The molecule has 1 aliphatic heterocycles. The van der Waals surface area contributed by atoms with Crippen LogP contribution in [-0.2, 0) is 22.6 Å². The molecule has 3 rings (SSSR count). The van der Waals surface area contributed by atoms with E-state index in [9.17, 15) is 14.4 Å². The molecule has 188 valence electrons. The molecule has 1 aromatic heterocycles. The van der Waals surface area contributed by atoms with E-state index in [0.717, 1.165) is 24.0 Å². The number of guanidine groups is 1. The van der Waals surface area contributed by atoms with Crippen LogP contribution in [0.2, 0.25) is 0 Å². The Labute approximate surface area is 209 Å². The minimum Gasteiger partial charge on any atom is -0.370 e. The third-order valence-electron chi connectivity index (χ3n) is 5.96. The number of aliphatic imine (C=N–C) groups is 1. The SMILES string of the molecule is NCc1ccc(CC2CCCN(CC(=O)N[C@@H](CCCN=C(N)N)C(=O)c3nccs3)C2=O)cc1. The lowest BCUT2D eigenvalue weighted by atomic mass is 9.90. The summed E-state index contributed by atoms with van der Waals surface area (Å²) in [5, 5.41) is 4.84. The number of thiazole rings is 1. The Morgan fingerprint density at radius 1 is 1.23 bits per heavy atom. The first-order valence-electron chi connectivity index (χ1n) is 11.7. The van der Waals surface area contributed by atoms with Crippen molar-refractivity contribution in [2.75, 3.05) is 19.6 Å². The normalized spacial score (nSPS) is 16.5. The highest BCUT2D eigenvalue weighted by molar-refractivity contribution is 7.11. The Bertz CT molecular complexity index is 1020. The summed E-state index contributed by atoms with van der Waals surface area (Å²) in [6.45, 7) is 1.26. The van der Waals surface area contributed by atoms with E-state index in [2.05, 4.69) is 15.3 Å². The second kappa shape index (κ2) is 13.0. The highest BCUT2D eigenvalue weighted by atomic mass is 32.1. The van der Waals surface area contributed by atoms with Gasteiger partial charge in [-0.15, -0.1) is 11.3 Å². The van der Waals surface area contributed by atoms with Crippen molar-refractivity contribution in [3.05, 3.63) is 52.0 Å². The Morgan fingerprint density at radius 2 is 1.97 bits per heavy atom. The molecule has 7 N–H and O–H groups in total. The van der Waals surface area contributed by atoms with Gasteiger partial charge in [0.25, 0.3) is 0 Å². The van der Waals surface area contributed by atoms with Gasteiger partial charge in [-0.25, -0.2) is 4.98 Å². The average Bonchev–Trinajstić information content (AvgIpc) is 3.38. The first kappa shape index (κ1) is 26.3. The van der Waals surface area contributed by atoms with Crippen molar-refractivity contribution in [3.63, 3.8) is 0 Å². The number of hydrogen-bond donors (Lipinski definition) is 4. The molecular formula is C24H33N7O3S. The molecule has 0 bridgehead atoms. The number of likely N-dealkylation sites (tertiary alicyclic amines) is 1. The number of hydrogen-bond acceptors (Lipinski definition) is 7. The average molecular weight is 500 g/mol. The van der Waals surface area contributed by atoms with Crippen molar-refractivity contribution in [2.24, 2.45) is 28.1 Å². The van der Waals surface area contributed by atoms with Gasteiger partial charge < -0.3 is 27.4 Å². The Morgan fingerprint density at radius 3 is 2.63 bits per heavy atom. The summed E-state index contributed by atoms with van der Waals surface area (Å²) in [6, 6.07) is 7.18. The van der Waals surface area contributed by atoms with Crippen LogP contribution in [0, 0.1) is 5.92 Å². The number of nitrogens with two attached hydrogens (primary N) is 3. The van der Waals surface area contributed by atoms with E-state index in [1.165, 1.54) is 11.3 Å². The van der Waals surface area contributed by atoms with Crippen LogP contribution in [0.4, 0.5) is 0 Å². The maximum atomic E-state index is 13.1. The van der Waals surface area contributed by atoms with Gasteiger partial charge in [0.05, 0.1) is 12.6 Å². The second-order valence-electron chi connectivity index (χ2n) is 8.59. The van der Waals surface area contributed by atoms with Crippen LogP contribution < -0.4 is 22.5 Å². The maximum Gasteiger partial charge on any atom is 0.240 e. The molecule has 0 radical (unpaired) electrons. The van der Waals surface area contributed by atoms with Gasteiger partial charge >= 0.3 is 0 Å². The third kappa shape index (κ3) is 7.86. The van der Waals surface area contributed by atoms with Crippen molar-refractivity contribution in [1.82, 2.24) is 15.2 Å². The van der Waals surface area contributed by atoms with Crippen molar-refractivity contribution in [3.8, 4) is 0 Å². The molecule has 0 spiro atoms. The van der Waals surface area contributed by atoms with E-state index in [0.29, 0.717) is 43.9 Å². The molecule has 2 heterocycles. The van der Waals surface area contributed by atoms with E-state index in [1.54, 1.807) is 16.5 Å². The van der Waals surface area contributed by atoms with Crippen LogP contribution in [0.5, 0.6) is 0 Å². The number of amides is 2. The molecule has 2 amide bonds. The van der Waals surface area contributed by atoms with Gasteiger partial charge in [-0.2, -0.15) is 0 Å². The van der Waals surface area contributed by atoms with Gasteiger partial charge in [0.1, 0.15) is 0 Å². The first-order chi connectivity index (χ1) is 16.9. The lowest BCUT2D eigenvalue weighted by Gasteiger charge is -2.32. The summed E-state index contributed by atoms with van der Waals surface area (Å²) in [5.74, 6) is -0.868. The summed E-state index contributed by atoms with van der Waals surface area (Å²) >= 11 is 1.22. The molecule has 1 unspecified atom stereocenters. The van der Waals surface area contributed by atoms with Crippen LogP contribution in [0.1, 0.15) is 46.6 Å². The first-order valence-corrected chi connectivity index (χ1v) is 12.6. The zero-order valence-corrected chi connectivity index (χ0v) is 20.5. The van der Waals surface area contributed by atoms with Gasteiger partial charge in [0, 0.05) is 37.1 Å². The second-order valence-corrected chi connectivity index (χ2v) is 9.49. The van der Waals surface area contributed by atoms with Crippen molar-refractivity contribution < 1.29 is 14.4 Å². The molecule has 35 heavy (non-hydrogen) atoms. The fourth-order valence-corrected chi connectivity index (χ4v) is 4.77. The fraction of sp³-hybridized carbons (Fsp3) is 0.458. The number of aromatic nitrogens is 1. The fourth-order valence-electron chi connectivity index (χ4n) is 4.14. The minimum absolute atomic E-state index is 0.0228. The standard InChI is InChI=1S/C24H33N7O3S/c25-14-17-7-5-16(6-8-17)13-18-3-2-11-31(23(18)34)15-20(32)30-19(4-1-9-29-24(26)27)21(33)22-28-10-12-35-22/h5-8,10,12,18-19H,1-4,9,11,13-15,25H2,(H,30,32)(H4,26,27,29)/t18?,19-/m0/s1. The molecule has 11 heteroatoms. The smallest absolute Gasteiger partial charge is 0.240 e. The Kier molecular flexibility index (Phi) is 9.74. The van der Waals surface area contributed by atoms with Crippen LogP contribution in [0.25, 0.3) is 0 Å².